The molecular weight excluding hydrogens is 398 g/mol. The number of H-pyrrole nitrogens is 1. The molecule has 0 saturated carbocycles. The number of nitrogens with zero attached hydrogens (tertiary/aromatic N) is 6. The van der Waals surface area contributed by atoms with Gasteiger partial charge in [-0.25, -0.2) is 4.98 Å². The van der Waals surface area contributed by atoms with Gasteiger partial charge < -0.3 is 9.47 Å². The number of pyridine rings is 2. The van der Waals surface area contributed by atoms with Gasteiger partial charge >= 0.3 is 0 Å². The molecule has 0 aliphatic carbocycles. The van der Waals surface area contributed by atoms with Crippen LogP contribution in [-0.2, 0) is 11.3 Å². The molecule has 156 valence electrons. The van der Waals surface area contributed by atoms with Gasteiger partial charge in [0.2, 0.25) is 5.91 Å². The van der Waals surface area contributed by atoms with Crippen molar-refractivity contribution in [2.75, 3.05) is 36.8 Å². The number of thioether (sulfide) groups is 1. The number of amides is 1. The Morgan fingerprint density at radius 3 is 2.60 bits per heavy atom. The number of nitrogens with one attached hydrogen (secondary N) is 1. The fourth-order valence-corrected chi connectivity index (χ4v) is 4.40. The molecule has 8 nitrogen and oxygen atoms in total. The van der Waals surface area contributed by atoms with Crippen LogP contribution in [0.4, 0.5) is 5.82 Å². The highest BCUT2D eigenvalue weighted by atomic mass is 32.2. The Balaban J connectivity index is 1.36. The summed E-state index contributed by atoms with van der Waals surface area (Å²) in [6.07, 6.45) is 6.40. The third-order valence-electron chi connectivity index (χ3n) is 5.09. The number of carbonyl (C=O) groups is 1. The normalized spacial score (nSPS) is 14.2. The number of aromatic amines is 1. The minimum atomic E-state index is 0.146. The first-order chi connectivity index (χ1) is 14.8. The van der Waals surface area contributed by atoms with Gasteiger partial charge in [-0.1, -0.05) is 24.8 Å². The summed E-state index contributed by atoms with van der Waals surface area (Å²) in [5.41, 5.74) is 0.984. The zero-order valence-corrected chi connectivity index (χ0v) is 17.9. The molecule has 9 heteroatoms. The molecule has 0 unspecified atom stereocenters. The van der Waals surface area contributed by atoms with Gasteiger partial charge in [0, 0.05) is 30.6 Å². The molecular formula is C21H26N7OS+. The topological polar surface area (TPSA) is 81.3 Å². The predicted molar refractivity (Wildman–Crippen MR) is 116 cm³/mol. The van der Waals surface area contributed by atoms with E-state index in [1.807, 2.05) is 35.4 Å². The van der Waals surface area contributed by atoms with Crippen LogP contribution in [-0.4, -0.2) is 62.5 Å². The average Bonchev–Trinajstić information content (AvgIpc) is 3.21. The summed E-state index contributed by atoms with van der Waals surface area (Å²) in [5.74, 6) is 2.43. The van der Waals surface area contributed by atoms with Crippen molar-refractivity contribution < 1.29 is 9.78 Å². The third kappa shape index (κ3) is 4.62. The quantitative estimate of drug-likeness (QED) is 0.540. The van der Waals surface area contributed by atoms with Crippen LogP contribution in [0.3, 0.4) is 0 Å². The Morgan fingerprint density at radius 2 is 1.90 bits per heavy atom. The maximum absolute atomic E-state index is 12.8. The highest BCUT2D eigenvalue weighted by Crippen LogP contribution is 2.24. The van der Waals surface area contributed by atoms with Crippen LogP contribution in [0.1, 0.15) is 13.3 Å². The Hall–Kier alpha value is -2.94. The zero-order valence-electron chi connectivity index (χ0n) is 17.1. The molecule has 1 fully saturated rings. The number of piperazine rings is 1. The second-order valence-electron chi connectivity index (χ2n) is 7.10. The first-order valence-electron chi connectivity index (χ1n) is 10.2. The summed E-state index contributed by atoms with van der Waals surface area (Å²) in [7, 11) is 0. The fourth-order valence-electron chi connectivity index (χ4n) is 3.53. The number of anilines is 1. The summed E-state index contributed by atoms with van der Waals surface area (Å²) in [6, 6.07) is 9.91. The Kier molecular flexibility index (Phi) is 6.58. The molecule has 3 aromatic heterocycles. The maximum atomic E-state index is 12.8. The van der Waals surface area contributed by atoms with E-state index in [1.54, 1.807) is 12.4 Å². The molecule has 4 rings (SSSR count). The van der Waals surface area contributed by atoms with Crippen LogP contribution in [0, 0.1) is 0 Å². The molecule has 1 aliphatic heterocycles. The molecule has 0 spiro atoms. The van der Waals surface area contributed by atoms with Gasteiger partial charge in [-0.15, -0.1) is 10.2 Å². The van der Waals surface area contributed by atoms with Gasteiger partial charge in [0.05, 0.1) is 25.0 Å². The van der Waals surface area contributed by atoms with Crippen LogP contribution >= 0.6 is 11.8 Å². The Morgan fingerprint density at radius 1 is 1.10 bits per heavy atom. The molecule has 0 aromatic carbocycles. The molecule has 3 aromatic rings. The van der Waals surface area contributed by atoms with E-state index >= 15 is 0 Å². The molecule has 0 radical (unpaired) electrons. The van der Waals surface area contributed by atoms with E-state index in [4.69, 9.17) is 0 Å². The van der Waals surface area contributed by atoms with Gasteiger partial charge in [-0.05, 0) is 24.6 Å². The van der Waals surface area contributed by atoms with Gasteiger partial charge in [-0.3, -0.25) is 14.7 Å². The number of aromatic nitrogens is 5. The van der Waals surface area contributed by atoms with Gasteiger partial charge in [0.15, 0.2) is 11.0 Å². The maximum Gasteiger partial charge on any atom is 0.274 e. The third-order valence-corrected chi connectivity index (χ3v) is 6.04. The second kappa shape index (κ2) is 9.71. The molecule has 1 N–H and O–H groups in total. The van der Waals surface area contributed by atoms with Crippen LogP contribution in [0.2, 0.25) is 0 Å². The lowest BCUT2D eigenvalue weighted by molar-refractivity contribution is -0.364. The molecule has 1 saturated heterocycles. The van der Waals surface area contributed by atoms with E-state index in [0.29, 0.717) is 5.75 Å². The van der Waals surface area contributed by atoms with E-state index in [1.165, 1.54) is 11.8 Å². The van der Waals surface area contributed by atoms with E-state index < -0.39 is 0 Å². The van der Waals surface area contributed by atoms with E-state index in [0.717, 1.165) is 61.5 Å². The average molecular weight is 425 g/mol. The Labute approximate surface area is 180 Å². The van der Waals surface area contributed by atoms with E-state index in [-0.39, 0.29) is 5.91 Å². The predicted octanol–water partition coefficient (Wildman–Crippen LogP) is 2.01. The van der Waals surface area contributed by atoms with Gasteiger partial charge in [0.1, 0.15) is 13.1 Å². The van der Waals surface area contributed by atoms with Gasteiger partial charge in [-0.2, -0.15) is 0 Å². The Bertz CT molecular complexity index is 956. The number of hydrogen-bond donors (Lipinski definition) is 0. The van der Waals surface area contributed by atoms with Crippen molar-refractivity contribution in [1.82, 2.24) is 24.6 Å². The fraction of sp³-hybridized carbons (Fsp3) is 0.381. The van der Waals surface area contributed by atoms with E-state index in [2.05, 4.69) is 42.6 Å². The standard InChI is InChI=1S/C21H25N7OS/c1-2-11-28-20(17-6-9-22-10-7-17)24-25-21(28)30-16-19(29)27-14-12-26(13-15-27)18-5-3-4-8-23-18/h3-10H,2,11-16H2,1H3/p+1. The SMILES string of the molecule is CCCn1c(SCC(=O)N2CCN(c3cccc[nH+]3)CC2)nnc1-c1ccncc1. The minimum Gasteiger partial charge on any atom is -0.334 e. The summed E-state index contributed by atoms with van der Waals surface area (Å²) >= 11 is 1.46. The number of carbonyl (C=O) groups excluding carboxylic acids is 1. The van der Waals surface area contributed by atoms with Crippen molar-refractivity contribution in [3.05, 3.63) is 48.9 Å². The van der Waals surface area contributed by atoms with E-state index in [9.17, 15) is 4.79 Å². The molecule has 0 bridgehead atoms. The lowest BCUT2D eigenvalue weighted by Gasteiger charge is -2.30. The smallest absolute Gasteiger partial charge is 0.274 e. The largest absolute Gasteiger partial charge is 0.334 e. The number of hydrogen-bond acceptors (Lipinski definition) is 6. The van der Waals surface area contributed by atoms with Crippen LogP contribution in [0.15, 0.2) is 54.1 Å². The lowest BCUT2D eigenvalue weighted by Crippen LogP contribution is -2.50. The monoisotopic (exact) mass is 424 g/mol. The summed E-state index contributed by atoms with van der Waals surface area (Å²) < 4.78 is 2.09. The zero-order chi connectivity index (χ0) is 20.8. The summed E-state index contributed by atoms with van der Waals surface area (Å²) in [5, 5.41) is 9.51. The molecule has 4 heterocycles. The van der Waals surface area contributed by atoms with Crippen LogP contribution < -0.4 is 9.88 Å². The number of rotatable bonds is 7. The van der Waals surface area contributed by atoms with Crippen molar-refractivity contribution in [2.45, 2.75) is 25.0 Å². The summed E-state index contributed by atoms with van der Waals surface area (Å²) in [6.45, 7) is 6.05. The van der Waals surface area contributed by atoms with Crippen LogP contribution in [0.5, 0.6) is 0 Å². The van der Waals surface area contributed by atoms with Crippen molar-refractivity contribution in [3.63, 3.8) is 0 Å². The van der Waals surface area contributed by atoms with Crippen molar-refractivity contribution in [1.29, 1.82) is 0 Å². The molecule has 0 atom stereocenters. The van der Waals surface area contributed by atoms with Crippen molar-refractivity contribution >= 4 is 23.5 Å². The van der Waals surface area contributed by atoms with Gasteiger partial charge in [0.25, 0.3) is 5.82 Å². The molecule has 30 heavy (non-hydrogen) atoms. The van der Waals surface area contributed by atoms with Crippen molar-refractivity contribution in [2.24, 2.45) is 0 Å². The lowest BCUT2D eigenvalue weighted by atomic mass is 10.2. The van der Waals surface area contributed by atoms with Crippen LogP contribution in [0.25, 0.3) is 11.4 Å². The highest BCUT2D eigenvalue weighted by molar-refractivity contribution is 7.99. The second-order valence-corrected chi connectivity index (χ2v) is 8.04. The first kappa shape index (κ1) is 20.3. The summed E-state index contributed by atoms with van der Waals surface area (Å²) in [4.78, 5) is 24.3. The molecule has 1 amide bonds. The van der Waals surface area contributed by atoms with Crippen molar-refractivity contribution in [3.8, 4) is 11.4 Å². The molecule has 1 aliphatic rings. The first-order valence-corrected chi connectivity index (χ1v) is 11.2. The minimum absolute atomic E-state index is 0.146. The highest BCUT2D eigenvalue weighted by Gasteiger charge is 2.26.